The second-order valence-electron chi connectivity index (χ2n) is 4.21. The lowest BCUT2D eigenvalue weighted by atomic mass is 10.3. The predicted octanol–water partition coefficient (Wildman–Crippen LogP) is 1.01. The lowest BCUT2D eigenvalue weighted by Crippen LogP contribution is -2.48. The van der Waals surface area contributed by atoms with Crippen LogP contribution in [0.4, 0.5) is 0 Å². The number of methoxy groups -OCH3 is 2. The fourth-order valence-electron chi connectivity index (χ4n) is 1.53. The molecule has 0 aromatic rings. The van der Waals surface area contributed by atoms with Crippen molar-refractivity contribution in [2.45, 2.75) is 31.8 Å². The van der Waals surface area contributed by atoms with Gasteiger partial charge in [0.05, 0.1) is 19.3 Å². The molecule has 0 saturated heterocycles. The molecule has 0 heterocycles. The molecule has 0 bridgehead atoms. The van der Waals surface area contributed by atoms with Gasteiger partial charge in [0.25, 0.3) is 0 Å². The van der Waals surface area contributed by atoms with Gasteiger partial charge in [-0.1, -0.05) is 0 Å². The Labute approximate surface area is 103 Å². The monoisotopic (exact) mass is 246 g/mol. The Hall–Kier alpha value is -0.390. The largest absolute Gasteiger partial charge is 0.383 e. The van der Waals surface area contributed by atoms with Crippen molar-refractivity contribution in [1.82, 2.24) is 10.2 Å². The van der Waals surface area contributed by atoms with Crippen molar-refractivity contribution in [1.29, 1.82) is 0 Å². The Morgan fingerprint density at radius 1 is 1.44 bits per heavy atom. The summed E-state index contributed by atoms with van der Waals surface area (Å²) in [7, 11) is 3.42. The van der Waals surface area contributed by atoms with Crippen LogP contribution in [-0.2, 0) is 9.47 Å². The topological polar surface area (TPSA) is 33.7 Å². The van der Waals surface area contributed by atoms with Gasteiger partial charge in [-0.05, 0) is 32.0 Å². The average molecular weight is 246 g/mol. The minimum atomic E-state index is 0.277. The quantitative estimate of drug-likeness (QED) is 0.678. The first-order valence-electron chi connectivity index (χ1n) is 5.74. The normalized spacial score (nSPS) is 16.9. The minimum absolute atomic E-state index is 0.277. The fraction of sp³-hybridized carbons (Fsp3) is 0.909. The molecule has 1 fully saturated rings. The molecular weight excluding hydrogens is 224 g/mol. The van der Waals surface area contributed by atoms with Gasteiger partial charge in [0.15, 0.2) is 5.11 Å². The third-order valence-corrected chi connectivity index (χ3v) is 2.99. The van der Waals surface area contributed by atoms with E-state index in [1.54, 1.807) is 14.2 Å². The third-order valence-electron chi connectivity index (χ3n) is 2.64. The standard InChI is InChI=1S/C11H22N2O2S/c1-9(8-15-3)13(6-7-14-2)11(16)12-10-4-5-10/h9-10H,4-8H2,1-3H3,(H,12,16). The van der Waals surface area contributed by atoms with Gasteiger partial charge >= 0.3 is 0 Å². The molecule has 1 aliphatic rings. The molecule has 0 aromatic heterocycles. The van der Waals surface area contributed by atoms with Crippen LogP contribution in [0.25, 0.3) is 0 Å². The van der Waals surface area contributed by atoms with Crippen LogP contribution in [0.2, 0.25) is 0 Å². The molecule has 1 rings (SSSR count). The van der Waals surface area contributed by atoms with E-state index in [4.69, 9.17) is 21.7 Å². The van der Waals surface area contributed by atoms with Gasteiger partial charge in [-0.3, -0.25) is 0 Å². The molecule has 5 heteroatoms. The van der Waals surface area contributed by atoms with E-state index in [0.717, 1.165) is 11.7 Å². The number of hydrogen-bond donors (Lipinski definition) is 1. The van der Waals surface area contributed by atoms with Crippen LogP contribution in [-0.4, -0.2) is 56.1 Å². The van der Waals surface area contributed by atoms with Crippen LogP contribution >= 0.6 is 12.2 Å². The summed E-state index contributed by atoms with van der Waals surface area (Å²) in [5.41, 5.74) is 0. The Morgan fingerprint density at radius 2 is 2.12 bits per heavy atom. The van der Waals surface area contributed by atoms with Crippen LogP contribution in [0.3, 0.4) is 0 Å². The zero-order valence-electron chi connectivity index (χ0n) is 10.4. The number of hydrogen-bond acceptors (Lipinski definition) is 3. The maximum atomic E-state index is 5.40. The van der Waals surface area contributed by atoms with Crippen LogP contribution in [0.1, 0.15) is 19.8 Å². The Bertz CT molecular complexity index is 222. The summed E-state index contributed by atoms with van der Waals surface area (Å²) in [4.78, 5) is 2.14. The maximum Gasteiger partial charge on any atom is 0.169 e. The molecule has 1 N–H and O–H groups in total. The zero-order valence-corrected chi connectivity index (χ0v) is 11.2. The lowest BCUT2D eigenvalue weighted by molar-refractivity contribution is 0.113. The second kappa shape index (κ2) is 7.04. The molecule has 0 radical (unpaired) electrons. The molecule has 4 nitrogen and oxygen atoms in total. The molecule has 16 heavy (non-hydrogen) atoms. The van der Waals surface area contributed by atoms with E-state index < -0.39 is 0 Å². The average Bonchev–Trinajstić information content (AvgIpc) is 3.02. The van der Waals surface area contributed by atoms with E-state index in [1.165, 1.54) is 12.8 Å². The summed E-state index contributed by atoms with van der Waals surface area (Å²) in [5.74, 6) is 0. The fourth-order valence-corrected chi connectivity index (χ4v) is 1.97. The zero-order chi connectivity index (χ0) is 12.0. The predicted molar refractivity (Wildman–Crippen MR) is 68.7 cm³/mol. The van der Waals surface area contributed by atoms with Gasteiger partial charge in [-0.2, -0.15) is 0 Å². The van der Waals surface area contributed by atoms with Gasteiger partial charge < -0.3 is 19.7 Å². The summed E-state index contributed by atoms with van der Waals surface area (Å²) < 4.78 is 10.3. The Kier molecular flexibility index (Phi) is 6.01. The maximum absolute atomic E-state index is 5.40. The number of nitrogens with zero attached hydrogens (tertiary/aromatic N) is 1. The molecule has 0 aliphatic heterocycles. The van der Waals surface area contributed by atoms with E-state index in [9.17, 15) is 0 Å². The first-order valence-corrected chi connectivity index (χ1v) is 6.15. The molecule has 1 saturated carbocycles. The highest BCUT2D eigenvalue weighted by Gasteiger charge is 2.25. The molecule has 1 aliphatic carbocycles. The SMILES string of the molecule is COCCN(C(=S)NC1CC1)C(C)COC. The smallest absolute Gasteiger partial charge is 0.169 e. The second-order valence-corrected chi connectivity index (χ2v) is 4.60. The summed E-state index contributed by atoms with van der Waals surface area (Å²) in [6.45, 7) is 4.27. The van der Waals surface area contributed by atoms with Gasteiger partial charge in [0.2, 0.25) is 0 Å². The summed E-state index contributed by atoms with van der Waals surface area (Å²) in [5, 5.41) is 4.17. The van der Waals surface area contributed by atoms with Crippen molar-refractivity contribution in [3.05, 3.63) is 0 Å². The number of thiocarbonyl (C=S) groups is 1. The molecule has 1 atom stereocenters. The lowest BCUT2D eigenvalue weighted by Gasteiger charge is -2.31. The molecule has 94 valence electrons. The highest BCUT2D eigenvalue weighted by atomic mass is 32.1. The summed E-state index contributed by atoms with van der Waals surface area (Å²) in [6, 6.07) is 0.867. The molecule has 0 aromatic carbocycles. The van der Waals surface area contributed by atoms with Crippen LogP contribution < -0.4 is 5.32 Å². The van der Waals surface area contributed by atoms with Crippen molar-refractivity contribution >= 4 is 17.3 Å². The van der Waals surface area contributed by atoms with Crippen molar-refractivity contribution in [3.8, 4) is 0 Å². The highest BCUT2D eigenvalue weighted by Crippen LogP contribution is 2.19. The first-order chi connectivity index (χ1) is 7.69. The minimum Gasteiger partial charge on any atom is -0.383 e. The first kappa shape index (κ1) is 13.7. The molecular formula is C11H22N2O2S. The van der Waals surface area contributed by atoms with Crippen LogP contribution in [0.15, 0.2) is 0 Å². The number of ether oxygens (including phenoxy) is 2. The summed E-state index contributed by atoms with van der Waals surface area (Å²) in [6.07, 6.45) is 2.47. The van der Waals surface area contributed by atoms with Crippen molar-refractivity contribution < 1.29 is 9.47 Å². The van der Waals surface area contributed by atoms with Crippen LogP contribution in [0.5, 0.6) is 0 Å². The van der Waals surface area contributed by atoms with E-state index >= 15 is 0 Å². The third kappa shape index (κ3) is 4.63. The molecule has 1 unspecified atom stereocenters. The van der Waals surface area contributed by atoms with E-state index in [1.807, 2.05) is 0 Å². The van der Waals surface area contributed by atoms with Crippen molar-refractivity contribution in [2.75, 3.05) is 34.0 Å². The number of rotatable bonds is 7. The number of nitrogens with one attached hydrogen (secondary N) is 1. The summed E-state index contributed by atoms with van der Waals surface area (Å²) >= 11 is 5.40. The Balaban J connectivity index is 2.42. The van der Waals surface area contributed by atoms with E-state index in [-0.39, 0.29) is 6.04 Å². The van der Waals surface area contributed by atoms with Gasteiger partial charge in [-0.25, -0.2) is 0 Å². The van der Waals surface area contributed by atoms with Crippen LogP contribution in [0, 0.1) is 0 Å². The van der Waals surface area contributed by atoms with Gasteiger partial charge in [-0.15, -0.1) is 0 Å². The van der Waals surface area contributed by atoms with E-state index in [2.05, 4.69) is 17.1 Å². The van der Waals surface area contributed by atoms with Crippen molar-refractivity contribution in [2.24, 2.45) is 0 Å². The van der Waals surface area contributed by atoms with Crippen molar-refractivity contribution in [3.63, 3.8) is 0 Å². The van der Waals surface area contributed by atoms with Gasteiger partial charge in [0.1, 0.15) is 0 Å². The Morgan fingerprint density at radius 3 is 2.62 bits per heavy atom. The highest BCUT2D eigenvalue weighted by molar-refractivity contribution is 7.80. The molecule has 0 spiro atoms. The van der Waals surface area contributed by atoms with Gasteiger partial charge in [0, 0.05) is 26.8 Å². The molecule has 0 amide bonds. The van der Waals surface area contributed by atoms with E-state index in [0.29, 0.717) is 19.3 Å².